The number of nitrogens with zero attached hydrogens (tertiary/aromatic N) is 1. The van der Waals surface area contributed by atoms with Crippen molar-refractivity contribution in [2.75, 3.05) is 14.2 Å². The molecule has 0 saturated carbocycles. The third-order valence-corrected chi connectivity index (χ3v) is 5.34. The van der Waals surface area contributed by atoms with Crippen molar-refractivity contribution in [2.45, 2.75) is 0 Å². The molecule has 0 unspecified atom stereocenters. The summed E-state index contributed by atoms with van der Waals surface area (Å²) in [6.45, 7) is 0. The molecule has 3 N–H and O–H groups in total. The number of phenols is 2. The highest BCUT2D eigenvalue weighted by atomic mass is 16.5. The van der Waals surface area contributed by atoms with Gasteiger partial charge in [0.2, 0.25) is 0 Å². The quantitative estimate of drug-likeness (QED) is 0.154. The number of ether oxygens (including phenoxy) is 3. The molecule has 0 heterocycles. The van der Waals surface area contributed by atoms with Gasteiger partial charge in [-0.15, -0.1) is 0 Å². The summed E-state index contributed by atoms with van der Waals surface area (Å²) in [5, 5.41) is 24.9. The van der Waals surface area contributed by atoms with E-state index in [1.165, 1.54) is 38.6 Å². The maximum atomic E-state index is 12.9. The normalized spacial score (nSPS) is 10.8. The molecule has 9 nitrogen and oxygen atoms in total. The van der Waals surface area contributed by atoms with Crippen LogP contribution in [0, 0.1) is 0 Å². The summed E-state index contributed by atoms with van der Waals surface area (Å²) >= 11 is 0. The number of hydrogen-bond donors (Lipinski definition) is 3. The molecule has 0 fully saturated rings. The number of carbonyl (C=O) groups is 2. The Balaban J connectivity index is 1.63. The van der Waals surface area contributed by atoms with Gasteiger partial charge in [-0.25, -0.2) is 10.2 Å². The maximum Gasteiger partial charge on any atom is 0.343 e. The number of amides is 1. The number of benzene rings is 4. The molecule has 4 aromatic carbocycles. The van der Waals surface area contributed by atoms with Crippen LogP contribution in [0.4, 0.5) is 0 Å². The molecule has 9 heteroatoms. The van der Waals surface area contributed by atoms with Gasteiger partial charge in [-0.05, 0) is 47.2 Å². The number of aromatic hydroxyl groups is 2. The van der Waals surface area contributed by atoms with Gasteiger partial charge in [0.25, 0.3) is 5.91 Å². The van der Waals surface area contributed by atoms with Gasteiger partial charge in [0.1, 0.15) is 17.2 Å². The summed E-state index contributed by atoms with van der Waals surface area (Å²) in [6.07, 6.45) is 1.36. The summed E-state index contributed by atoms with van der Waals surface area (Å²) < 4.78 is 16.1. The summed E-state index contributed by atoms with van der Waals surface area (Å²) in [4.78, 5) is 25.3. The molecule has 0 aromatic heterocycles. The minimum atomic E-state index is -0.687. The third-order valence-electron chi connectivity index (χ3n) is 5.34. The largest absolute Gasteiger partial charge is 0.508 e. The minimum Gasteiger partial charge on any atom is -0.508 e. The lowest BCUT2D eigenvalue weighted by atomic mass is 10.0. The highest BCUT2D eigenvalue weighted by Crippen LogP contribution is 2.30. The first-order chi connectivity index (χ1) is 17.4. The number of carbonyl (C=O) groups excluding carboxylic acids is 2. The number of fused-ring (bicyclic) bond motifs is 1. The van der Waals surface area contributed by atoms with Crippen molar-refractivity contribution < 1.29 is 34.0 Å². The smallest absolute Gasteiger partial charge is 0.343 e. The summed E-state index contributed by atoms with van der Waals surface area (Å²) in [5.74, 6) is -0.803. The molecule has 36 heavy (non-hydrogen) atoms. The first-order valence-electron chi connectivity index (χ1n) is 10.7. The molecule has 1 amide bonds. The first kappa shape index (κ1) is 24.1. The topological polar surface area (TPSA) is 127 Å². The Bertz CT molecular complexity index is 1480. The Hall–Kier alpha value is -5.05. The van der Waals surface area contributed by atoms with E-state index in [9.17, 15) is 19.8 Å². The molecule has 0 bridgehead atoms. The lowest BCUT2D eigenvalue weighted by molar-refractivity contribution is 0.0734. The van der Waals surface area contributed by atoms with Gasteiger partial charge in [0, 0.05) is 11.6 Å². The van der Waals surface area contributed by atoms with Crippen molar-refractivity contribution in [1.82, 2.24) is 5.43 Å². The second kappa shape index (κ2) is 10.5. The van der Waals surface area contributed by atoms with Crippen molar-refractivity contribution >= 4 is 28.9 Å². The third kappa shape index (κ3) is 5.05. The molecule has 0 aliphatic heterocycles. The number of phenolic OH excluding ortho intramolecular Hbond substituents is 2. The van der Waals surface area contributed by atoms with E-state index in [-0.39, 0.29) is 22.6 Å². The van der Waals surface area contributed by atoms with E-state index in [0.717, 1.165) is 16.8 Å². The number of esters is 1. The maximum absolute atomic E-state index is 12.9. The van der Waals surface area contributed by atoms with Crippen LogP contribution < -0.4 is 19.6 Å². The van der Waals surface area contributed by atoms with E-state index in [1.54, 1.807) is 24.3 Å². The summed E-state index contributed by atoms with van der Waals surface area (Å²) in [7, 11) is 2.97. The predicted octanol–water partition coefficient (Wildman–Crippen LogP) is 4.25. The Kier molecular flexibility index (Phi) is 7.01. The van der Waals surface area contributed by atoms with Crippen molar-refractivity contribution in [3.05, 3.63) is 89.5 Å². The average Bonchev–Trinajstić information content (AvgIpc) is 2.89. The number of nitrogens with one attached hydrogen (secondary N) is 1. The SMILES string of the molecule is COc1ccc(C(=O)Oc2ccc3ccccc3c2C=NNC(=O)c2ccc(O)cc2O)cc1OC. The zero-order chi connectivity index (χ0) is 25.7. The fourth-order valence-corrected chi connectivity index (χ4v) is 3.55. The van der Waals surface area contributed by atoms with Gasteiger partial charge in [0.15, 0.2) is 11.5 Å². The average molecular weight is 486 g/mol. The van der Waals surface area contributed by atoms with Crippen LogP contribution in [0.15, 0.2) is 77.9 Å². The zero-order valence-corrected chi connectivity index (χ0v) is 19.4. The van der Waals surface area contributed by atoms with E-state index >= 15 is 0 Å². The van der Waals surface area contributed by atoms with Gasteiger partial charge < -0.3 is 24.4 Å². The lowest BCUT2D eigenvalue weighted by Gasteiger charge is -2.12. The van der Waals surface area contributed by atoms with Crippen molar-refractivity contribution in [3.8, 4) is 28.7 Å². The highest BCUT2D eigenvalue weighted by molar-refractivity contribution is 6.04. The summed E-state index contributed by atoms with van der Waals surface area (Å²) in [6, 6.07) is 19.1. The van der Waals surface area contributed by atoms with E-state index in [4.69, 9.17) is 14.2 Å². The van der Waals surface area contributed by atoms with E-state index in [0.29, 0.717) is 17.1 Å². The van der Waals surface area contributed by atoms with Crippen LogP contribution in [0.2, 0.25) is 0 Å². The fourth-order valence-electron chi connectivity index (χ4n) is 3.55. The van der Waals surface area contributed by atoms with Crippen LogP contribution in [0.3, 0.4) is 0 Å². The van der Waals surface area contributed by atoms with Gasteiger partial charge >= 0.3 is 5.97 Å². The van der Waals surface area contributed by atoms with Gasteiger partial charge in [0.05, 0.1) is 31.6 Å². The van der Waals surface area contributed by atoms with Crippen molar-refractivity contribution in [3.63, 3.8) is 0 Å². The molecule has 0 aliphatic carbocycles. The van der Waals surface area contributed by atoms with Crippen LogP contribution in [0.5, 0.6) is 28.7 Å². The van der Waals surface area contributed by atoms with E-state index < -0.39 is 17.6 Å². The van der Waals surface area contributed by atoms with Crippen LogP contribution >= 0.6 is 0 Å². The van der Waals surface area contributed by atoms with E-state index in [2.05, 4.69) is 10.5 Å². The lowest BCUT2D eigenvalue weighted by Crippen LogP contribution is -2.18. The molecular formula is C27H22N2O7. The van der Waals surface area contributed by atoms with Crippen LogP contribution in [-0.2, 0) is 0 Å². The molecule has 4 rings (SSSR count). The number of hydrazone groups is 1. The number of rotatable bonds is 7. The van der Waals surface area contributed by atoms with Gasteiger partial charge in [-0.3, -0.25) is 4.79 Å². The zero-order valence-electron chi connectivity index (χ0n) is 19.4. The Morgan fingerprint density at radius 1 is 0.861 bits per heavy atom. The Labute approximate surface area is 206 Å². The number of methoxy groups -OCH3 is 2. The van der Waals surface area contributed by atoms with Crippen LogP contribution in [-0.4, -0.2) is 42.5 Å². The molecule has 0 aliphatic rings. The molecule has 182 valence electrons. The molecule has 0 saturated heterocycles. The Morgan fingerprint density at radius 3 is 2.36 bits per heavy atom. The van der Waals surface area contributed by atoms with E-state index in [1.807, 2.05) is 24.3 Å². The summed E-state index contributed by atoms with van der Waals surface area (Å²) in [5.41, 5.74) is 2.97. The predicted molar refractivity (Wildman–Crippen MR) is 133 cm³/mol. The highest BCUT2D eigenvalue weighted by Gasteiger charge is 2.16. The van der Waals surface area contributed by atoms with Crippen molar-refractivity contribution in [2.24, 2.45) is 5.10 Å². The first-order valence-corrected chi connectivity index (χ1v) is 10.7. The molecule has 0 radical (unpaired) electrons. The number of hydrogen-bond acceptors (Lipinski definition) is 8. The molecule has 0 spiro atoms. The standard InChI is InChI=1S/C27H22N2O7/c1-34-24-12-8-17(13-25(24)35-2)27(33)36-23-11-7-16-5-3-4-6-19(16)21(23)15-28-29-26(32)20-10-9-18(30)14-22(20)31/h3-15,30-31H,1-2H3,(H,29,32). The monoisotopic (exact) mass is 486 g/mol. The minimum absolute atomic E-state index is 0.0667. The molecular weight excluding hydrogens is 464 g/mol. The van der Waals surface area contributed by atoms with Crippen LogP contribution in [0.25, 0.3) is 10.8 Å². The molecule has 4 aromatic rings. The van der Waals surface area contributed by atoms with Gasteiger partial charge in [-0.1, -0.05) is 30.3 Å². The van der Waals surface area contributed by atoms with Crippen molar-refractivity contribution in [1.29, 1.82) is 0 Å². The Morgan fingerprint density at radius 2 is 1.61 bits per heavy atom. The fraction of sp³-hybridized carbons (Fsp3) is 0.0741. The molecule has 0 atom stereocenters. The van der Waals surface area contributed by atoms with Gasteiger partial charge in [-0.2, -0.15) is 5.10 Å². The second-order valence-corrected chi connectivity index (χ2v) is 7.56. The van der Waals surface area contributed by atoms with Crippen LogP contribution in [0.1, 0.15) is 26.3 Å². The second-order valence-electron chi connectivity index (χ2n) is 7.56.